The molecule has 21 heavy (non-hydrogen) atoms. The molecule has 1 amide bonds. The van der Waals surface area contributed by atoms with Crippen LogP contribution >= 0.6 is 0 Å². The number of carboxylic acids is 1. The van der Waals surface area contributed by atoms with E-state index in [1.807, 2.05) is 0 Å². The Bertz CT molecular complexity index is 712. The van der Waals surface area contributed by atoms with Crippen LogP contribution in [0.15, 0.2) is 16.7 Å². The number of aromatic nitrogens is 1. The Balaban J connectivity index is 2.36. The Kier molecular flexibility index (Phi) is 3.80. The maximum Gasteiger partial charge on any atom is 0.336 e. The first kappa shape index (κ1) is 14.8. The average molecular weight is 288 g/mol. The van der Waals surface area contributed by atoms with Gasteiger partial charge in [-0.3, -0.25) is 4.79 Å². The highest BCUT2D eigenvalue weighted by molar-refractivity contribution is 6.06. The van der Waals surface area contributed by atoms with Gasteiger partial charge in [0.1, 0.15) is 11.3 Å². The SMILES string of the molecule is Cc1cc(NC(=O)c2c(C)noc2C)cc(C(=O)O)c1C. The van der Waals surface area contributed by atoms with Crippen LogP contribution in [-0.4, -0.2) is 22.1 Å². The average Bonchev–Trinajstić information content (AvgIpc) is 2.72. The fourth-order valence-corrected chi connectivity index (χ4v) is 2.15. The van der Waals surface area contributed by atoms with Crippen molar-refractivity contribution in [3.63, 3.8) is 0 Å². The van der Waals surface area contributed by atoms with Gasteiger partial charge in [0.05, 0.1) is 11.3 Å². The number of amides is 1. The number of aromatic carboxylic acids is 1. The molecule has 2 rings (SSSR count). The number of hydrogen-bond donors (Lipinski definition) is 2. The number of carbonyl (C=O) groups excluding carboxylic acids is 1. The standard InChI is InChI=1S/C15H16N2O4/c1-7-5-11(6-12(8(7)2)15(19)20)16-14(18)13-9(3)17-21-10(13)4/h5-6H,1-4H3,(H,16,18)(H,19,20). The van der Waals surface area contributed by atoms with Crippen molar-refractivity contribution >= 4 is 17.6 Å². The van der Waals surface area contributed by atoms with Crippen molar-refractivity contribution in [2.24, 2.45) is 0 Å². The van der Waals surface area contributed by atoms with Crippen LogP contribution in [0.4, 0.5) is 5.69 Å². The topological polar surface area (TPSA) is 92.4 Å². The summed E-state index contributed by atoms with van der Waals surface area (Å²) in [5.74, 6) is -0.970. The molecule has 0 atom stereocenters. The van der Waals surface area contributed by atoms with Crippen LogP contribution in [0.3, 0.4) is 0 Å². The van der Waals surface area contributed by atoms with Crippen molar-refractivity contribution in [1.82, 2.24) is 5.16 Å². The zero-order chi connectivity index (χ0) is 15.7. The van der Waals surface area contributed by atoms with Gasteiger partial charge in [-0.2, -0.15) is 0 Å². The first-order valence-electron chi connectivity index (χ1n) is 6.40. The summed E-state index contributed by atoms with van der Waals surface area (Å²) in [6.45, 7) is 6.86. The van der Waals surface area contributed by atoms with Crippen LogP contribution in [0.2, 0.25) is 0 Å². The zero-order valence-electron chi connectivity index (χ0n) is 12.3. The van der Waals surface area contributed by atoms with Crippen LogP contribution in [0.5, 0.6) is 0 Å². The molecule has 1 aromatic carbocycles. The minimum absolute atomic E-state index is 0.170. The number of carbonyl (C=O) groups is 2. The Labute approximate surface area is 121 Å². The van der Waals surface area contributed by atoms with E-state index in [9.17, 15) is 14.7 Å². The lowest BCUT2D eigenvalue weighted by Crippen LogP contribution is -2.14. The quantitative estimate of drug-likeness (QED) is 0.906. The van der Waals surface area contributed by atoms with E-state index in [1.54, 1.807) is 33.8 Å². The molecule has 0 aliphatic heterocycles. The highest BCUT2D eigenvalue weighted by Crippen LogP contribution is 2.21. The first-order valence-corrected chi connectivity index (χ1v) is 6.40. The van der Waals surface area contributed by atoms with Crippen molar-refractivity contribution in [1.29, 1.82) is 0 Å². The lowest BCUT2D eigenvalue weighted by molar-refractivity contribution is 0.0695. The number of hydrogen-bond acceptors (Lipinski definition) is 4. The predicted octanol–water partition coefficient (Wildman–Crippen LogP) is 2.86. The second-order valence-electron chi connectivity index (χ2n) is 4.92. The minimum Gasteiger partial charge on any atom is -0.478 e. The van der Waals surface area contributed by atoms with Crippen molar-refractivity contribution in [2.45, 2.75) is 27.7 Å². The third-order valence-corrected chi connectivity index (χ3v) is 3.42. The van der Waals surface area contributed by atoms with E-state index < -0.39 is 5.97 Å². The monoisotopic (exact) mass is 288 g/mol. The lowest BCUT2D eigenvalue weighted by Gasteiger charge is -2.10. The van der Waals surface area contributed by atoms with Crippen molar-refractivity contribution in [3.05, 3.63) is 45.8 Å². The molecule has 2 N–H and O–H groups in total. The summed E-state index contributed by atoms with van der Waals surface area (Å²) in [7, 11) is 0. The molecule has 2 aromatic rings. The predicted molar refractivity (Wildman–Crippen MR) is 76.8 cm³/mol. The van der Waals surface area contributed by atoms with E-state index in [0.29, 0.717) is 28.3 Å². The Morgan fingerprint density at radius 2 is 1.86 bits per heavy atom. The van der Waals surface area contributed by atoms with Gasteiger partial charge >= 0.3 is 5.97 Å². The van der Waals surface area contributed by atoms with E-state index in [0.717, 1.165) is 5.56 Å². The van der Waals surface area contributed by atoms with Gasteiger partial charge in [0.15, 0.2) is 0 Å². The van der Waals surface area contributed by atoms with Crippen molar-refractivity contribution in [3.8, 4) is 0 Å². The second-order valence-corrected chi connectivity index (χ2v) is 4.92. The molecule has 0 saturated heterocycles. The number of nitrogens with one attached hydrogen (secondary N) is 1. The number of carboxylic acid groups (broad SMARTS) is 1. The Hall–Kier alpha value is -2.63. The highest BCUT2D eigenvalue weighted by atomic mass is 16.5. The van der Waals surface area contributed by atoms with Gasteiger partial charge in [0, 0.05) is 5.69 Å². The molecule has 6 nitrogen and oxygen atoms in total. The molecule has 0 aliphatic carbocycles. The van der Waals surface area contributed by atoms with Gasteiger partial charge in [-0.15, -0.1) is 0 Å². The molecule has 1 aromatic heterocycles. The molecule has 6 heteroatoms. The van der Waals surface area contributed by atoms with Gasteiger partial charge < -0.3 is 14.9 Å². The van der Waals surface area contributed by atoms with Gasteiger partial charge in [0.2, 0.25) is 0 Å². The third-order valence-electron chi connectivity index (χ3n) is 3.42. The van der Waals surface area contributed by atoms with E-state index in [-0.39, 0.29) is 11.5 Å². The van der Waals surface area contributed by atoms with Crippen LogP contribution in [-0.2, 0) is 0 Å². The third kappa shape index (κ3) is 2.79. The fourth-order valence-electron chi connectivity index (χ4n) is 2.15. The van der Waals surface area contributed by atoms with Gasteiger partial charge in [0.25, 0.3) is 5.91 Å². The molecule has 110 valence electrons. The first-order chi connectivity index (χ1) is 9.81. The summed E-state index contributed by atoms with van der Waals surface area (Å²) >= 11 is 0. The smallest absolute Gasteiger partial charge is 0.336 e. The summed E-state index contributed by atoms with van der Waals surface area (Å²) in [6.07, 6.45) is 0. The number of aryl methyl sites for hydroxylation is 3. The van der Waals surface area contributed by atoms with Crippen molar-refractivity contribution in [2.75, 3.05) is 5.32 Å². The van der Waals surface area contributed by atoms with Crippen molar-refractivity contribution < 1.29 is 19.2 Å². The summed E-state index contributed by atoms with van der Waals surface area (Å²) in [6, 6.07) is 3.18. The summed E-state index contributed by atoms with van der Waals surface area (Å²) < 4.78 is 4.95. The van der Waals surface area contributed by atoms with Gasteiger partial charge in [-0.25, -0.2) is 4.79 Å². The Morgan fingerprint density at radius 1 is 1.19 bits per heavy atom. The van der Waals surface area contributed by atoms with Crippen LogP contribution in [0.25, 0.3) is 0 Å². The second kappa shape index (κ2) is 5.40. The summed E-state index contributed by atoms with van der Waals surface area (Å²) in [5.41, 5.74) is 2.93. The van der Waals surface area contributed by atoms with Gasteiger partial charge in [-0.05, 0) is 51.0 Å². The summed E-state index contributed by atoms with van der Waals surface area (Å²) in [5, 5.41) is 15.6. The minimum atomic E-state index is -1.02. The number of benzene rings is 1. The lowest BCUT2D eigenvalue weighted by atomic mass is 10.0. The van der Waals surface area contributed by atoms with Crippen LogP contribution < -0.4 is 5.32 Å². The largest absolute Gasteiger partial charge is 0.478 e. The van der Waals surface area contributed by atoms with Crippen LogP contribution in [0, 0.1) is 27.7 Å². The number of anilines is 1. The van der Waals surface area contributed by atoms with E-state index in [2.05, 4.69) is 10.5 Å². The molecule has 0 aliphatic rings. The maximum absolute atomic E-state index is 12.2. The zero-order valence-corrected chi connectivity index (χ0v) is 12.3. The van der Waals surface area contributed by atoms with E-state index in [4.69, 9.17) is 4.52 Å². The normalized spacial score (nSPS) is 10.5. The molecular weight excluding hydrogens is 272 g/mol. The molecule has 0 spiro atoms. The Morgan fingerprint density at radius 3 is 2.38 bits per heavy atom. The maximum atomic E-state index is 12.2. The molecular formula is C15H16N2O4. The van der Waals surface area contributed by atoms with E-state index >= 15 is 0 Å². The highest BCUT2D eigenvalue weighted by Gasteiger charge is 2.19. The number of nitrogens with zero attached hydrogens (tertiary/aromatic N) is 1. The fraction of sp³-hybridized carbons (Fsp3) is 0.267. The van der Waals surface area contributed by atoms with Crippen LogP contribution in [0.1, 0.15) is 43.3 Å². The number of rotatable bonds is 3. The summed E-state index contributed by atoms with van der Waals surface area (Å²) in [4.78, 5) is 23.4. The molecule has 0 bridgehead atoms. The molecule has 1 heterocycles. The molecule has 0 saturated carbocycles. The van der Waals surface area contributed by atoms with Gasteiger partial charge in [-0.1, -0.05) is 5.16 Å². The molecule has 0 unspecified atom stereocenters. The van der Waals surface area contributed by atoms with E-state index in [1.165, 1.54) is 6.07 Å². The molecule has 0 fully saturated rings. The molecule has 0 radical (unpaired) electrons.